The van der Waals surface area contributed by atoms with E-state index < -0.39 is 26.5 Å². The van der Waals surface area contributed by atoms with Crippen molar-refractivity contribution in [2.45, 2.75) is 251 Å². The predicted octanol–water partition coefficient (Wildman–Crippen LogP) is 13.9. The van der Waals surface area contributed by atoms with E-state index in [1.54, 1.807) is 7.05 Å². The first-order chi connectivity index (χ1) is 27.3. The molecule has 0 heterocycles. The maximum Gasteiger partial charge on any atom is 0.472 e. The van der Waals surface area contributed by atoms with Crippen LogP contribution in [0, 0.1) is 0 Å². The van der Waals surface area contributed by atoms with Crippen molar-refractivity contribution in [1.29, 1.82) is 0 Å². The van der Waals surface area contributed by atoms with Gasteiger partial charge in [-0.25, -0.2) is 4.57 Å². The van der Waals surface area contributed by atoms with Crippen LogP contribution in [0.3, 0.4) is 0 Å². The second kappa shape index (κ2) is 43.6. The van der Waals surface area contributed by atoms with Crippen molar-refractivity contribution in [3.63, 3.8) is 0 Å². The Bertz CT molecular complexity index is 891. The standard InChI is InChI=1S/C46H92NO8P/c1-4-6-8-10-12-14-16-18-20-22-24-26-28-30-32-34-36-38-45(48)52-42-44(43-54-56(50,51)53-41-40-47-3)55-46(49)39-37-35-33-31-29-27-25-23-21-19-17-15-13-11-9-7-5-2/h44,47H,4-43H2,1-3H3,(H,50,51). The maximum absolute atomic E-state index is 12.7. The summed E-state index contributed by atoms with van der Waals surface area (Å²) < 4.78 is 33.3. The fourth-order valence-electron chi connectivity index (χ4n) is 7.09. The van der Waals surface area contributed by atoms with Crippen LogP contribution in [-0.2, 0) is 32.7 Å². The molecule has 0 aliphatic carbocycles. The Balaban J connectivity index is 4.11. The van der Waals surface area contributed by atoms with Crippen molar-refractivity contribution < 1.29 is 37.6 Å². The highest BCUT2D eigenvalue weighted by Gasteiger charge is 2.26. The van der Waals surface area contributed by atoms with Crippen LogP contribution in [-0.4, -0.2) is 56.3 Å². The van der Waals surface area contributed by atoms with Crippen molar-refractivity contribution in [3.05, 3.63) is 0 Å². The Hall–Kier alpha value is -0.990. The lowest BCUT2D eigenvalue weighted by Gasteiger charge is -2.20. The summed E-state index contributed by atoms with van der Waals surface area (Å²) in [6.45, 7) is 4.28. The molecule has 0 spiro atoms. The van der Waals surface area contributed by atoms with Gasteiger partial charge in [0, 0.05) is 19.4 Å². The van der Waals surface area contributed by atoms with Crippen LogP contribution < -0.4 is 5.32 Å². The van der Waals surface area contributed by atoms with Crippen molar-refractivity contribution in [1.82, 2.24) is 5.32 Å². The molecule has 2 atom stereocenters. The van der Waals surface area contributed by atoms with Crippen LogP contribution >= 0.6 is 7.82 Å². The molecule has 0 saturated carbocycles. The molecule has 0 aromatic heterocycles. The summed E-state index contributed by atoms with van der Waals surface area (Å²) in [5.74, 6) is -0.787. The third kappa shape index (κ3) is 42.6. The zero-order chi connectivity index (χ0) is 41.1. The monoisotopic (exact) mass is 818 g/mol. The van der Waals surface area contributed by atoms with Crippen molar-refractivity contribution in [2.24, 2.45) is 0 Å². The zero-order valence-corrected chi connectivity index (χ0v) is 38.0. The van der Waals surface area contributed by atoms with E-state index in [0.717, 1.165) is 38.5 Å². The van der Waals surface area contributed by atoms with Crippen LogP contribution in [0.5, 0.6) is 0 Å². The fraction of sp³-hybridized carbons (Fsp3) is 0.957. The van der Waals surface area contributed by atoms with Gasteiger partial charge in [-0.1, -0.05) is 219 Å². The number of carbonyl (C=O) groups is 2. The van der Waals surface area contributed by atoms with E-state index >= 15 is 0 Å². The molecule has 2 unspecified atom stereocenters. The van der Waals surface area contributed by atoms with E-state index in [4.69, 9.17) is 18.5 Å². The summed E-state index contributed by atoms with van der Waals surface area (Å²) in [7, 11) is -2.64. The molecule has 0 rings (SSSR count). The number of phosphoric acid groups is 1. The van der Waals surface area contributed by atoms with E-state index in [2.05, 4.69) is 19.2 Å². The van der Waals surface area contributed by atoms with Crippen LogP contribution in [0.25, 0.3) is 0 Å². The number of unbranched alkanes of at least 4 members (excludes halogenated alkanes) is 32. The first-order valence-corrected chi connectivity index (χ1v) is 25.5. The summed E-state index contributed by atoms with van der Waals surface area (Å²) in [6, 6.07) is 0. The molecular weight excluding hydrogens is 725 g/mol. The molecule has 10 heteroatoms. The molecule has 2 N–H and O–H groups in total. The van der Waals surface area contributed by atoms with Gasteiger partial charge in [0.2, 0.25) is 0 Å². The highest BCUT2D eigenvalue weighted by molar-refractivity contribution is 7.47. The third-order valence-corrected chi connectivity index (χ3v) is 11.7. The summed E-state index contributed by atoms with van der Waals surface area (Å²) in [6.07, 6.45) is 42.9. The first-order valence-electron chi connectivity index (χ1n) is 24.0. The highest BCUT2D eigenvalue weighted by Crippen LogP contribution is 2.43. The quantitative estimate of drug-likeness (QED) is 0.0351. The molecular formula is C46H92NO8P. The minimum atomic E-state index is -4.34. The Morgan fingerprint density at radius 1 is 0.482 bits per heavy atom. The Morgan fingerprint density at radius 2 is 0.804 bits per heavy atom. The number of esters is 2. The van der Waals surface area contributed by atoms with Gasteiger partial charge >= 0.3 is 19.8 Å². The lowest BCUT2D eigenvalue weighted by molar-refractivity contribution is -0.161. The topological polar surface area (TPSA) is 120 Å². The molecule has 0 radical (unpaired) electrons. The summed E-state index contributed by atoms with van der Waals surface area (Å²) in [4.78, 5) is 35.1. The fourth-order valence-corrected chi connectivity index (χ4v) is 7.84. The van der Waals surface area contributed by atoms with Gasteiger partial charge in [-0.2, -0.15) is 0 Å². The average Bonchev–Trinajstić information content (AvgIpc) is 3.18. The van der Waals surface area contributed by atoms with Crippen molar-refractivity contribution >= 4 is 19.8 Å². The van der Waals surface area contributed by atoms with Gasteiger partial charge in [0.1, 0.15) is 6.61 Å². The second-order valence-electron chi connectivity index (χ2n) is 16.3. The zero-order valence-electron chi connectivity index (χ0n) is 37.1. The third-order valence-electron chi connectivity index (χ3n) is 10.7. The van der Waals surface area contributed by atoms with Crippen LogP contribution in [0.15, 0.2) is 0 Å². The Morgan fingerprint density at radius 3 is 1.14 bits per heavy atom. The van der Waals surface area contributed by atoms with E-state index in [9.17, 15) is 19.0 Å². The highest BCUT2D eigenvalue weighted by atomic mass is 31.2. The summed E-state index contributed by atoms with van der Waals surface area (Å²) in [5, 5.41) is 2.83. The number of nitrogens with one attached hydrogen (secondary N) is 1. The van der Waals surface area contributed by atoms with Crippen LogP contribution in [0.2, 0.25) is 0 Å². The number of phosphoric ester groups is 1. The van der Waals surface area contributed by atoms with E-state index in [1.807, 2.05) is 0 Å². The van der Waals surface area contributed by atoms with Gasteiger partial charge in [-0.3, -0.25) is 18.6 Å². The van der Waals surface area contributed by atoms with E-state index in [0.29, 0.717) is 13.0 Å². The Labute approximate surface area is 346 Å². The first kappa shape index (κ1) is 55.0. The molecule has 0 aliphatic rings. The lowest BCUT2D eigenvalue weighted by atomic mass is 10.0. The average molecular weight is 818 g/mol. The van der Waals surface area contributed by atoms with Crippen LogP contribution in [0.1, 0.15) is 245 Å². The summed E-state index contributed by atoms with van der Waals surface area (Å²) in [5.41, 5.74) is 0. The second-order valence-corrected chi connectivity index (χ2v) is 17.8. The molecule has 9 nitrogen and oxygen atoms in total. The number of carbonyl (C=O) groups excluding carboxylic acids is 2. The largest absolute Gasteiger partial charge is 0.472 e. The number of rotatable bonds is 46. The predicted molar refractivity (Wildman–Crippen MR) is 234 cm³/mol. The van der Waals surface area contributed by atoms with Crippen molar-refractivity contribution in [3.8, 4) is 0 Å². The Kier molecular flexibility index (Phi) is 42.8. The van der Waals surface area contributed by atoms with Gasteiger partial charge in [-0.05, 0) is 19.9 Å². The van der Waals surface area contributed by atoms with Gasteiger partial charge in [-0.15, -0.1) is 0 Å². The molecule has 0 bridgehead atoms. The van der Waals surface area contributed by atoms with Gasteiger partial charge in [0.05, 0.1) is 13.2 Å². The molecule has 0 fully saturated rings. The molecule has 0 aliphatic heterocycles. The molecule has 56 heavy (non-hydrogen) atoms. The number of likely N-dealkylation sites (N-methyl/N-ethyl adjacent to an activating group) is 1. The molecule has 0 amide bonds. The minimum Gasteiger partial charge on any atom is -0.462 e. The van der Waals surface area contributed by atoms with Gasteiger partial charge in [0.15, 0.2) is 6.10 Å². The normalized spacial score (nSPS) is 13.1. The number of hydrogen-bond acceptors (Lipinski definition) is 8. The SMILES string of the molecule is CCCCCCCCCCCCCCCCCCCC(=O)OCC(COP(=O)(O)OCCNC)OC(=O)CCCCCCCCCCCCCCCCCCC. The van der Waals surface area contributed by atoms with Gasteiger partial charge in [0.25, 0.3) is 0 Å². The maximum atomic E-state index is 12.7. The molecule has 0 aromatic rings. The van der Waals surface area contributed by atoms with E-state index in [1.165, 1.54) is 180 Å². The number of ether oxygens (including phenoxy) is 2. The minimum absolute atomic E-state index is 0.0115. The van der Waals surface area contributed by atoms with Gasteiger partial charge < -0.3 is 19.7 Å². The lowest BCUT2D eigenvalue weighted by Crippen LogP contribution is -2.29. The summed E-state index contributed by atoms with van der Waals surface area (Å²) >= 11 is 0. The van der Waals surface area contributed by atoms with Crippen molar-refractivity contribution in [2.75, 3.05) is 33.4 Å². The smallest absolute Gasteiger partial charge is 0.462 e. The van der Waals surface area contributed by atoms with E-state index in [-0.39, 0.29) is 25.6 Å². The number of hydrogen-bond donors (Lipinski definition) is 2. The van der Waals surface area contributed by atoms with Crippen LogP contribution in [0.4, 0.5) is 0 Å². The molecule has 0 aromatic carbocycles. The molecule has 0 saturated heterocycles. The molecule has 334 valence electrons.